The SMILES string of the molecule is COC1(C)[C@@H]2[C@@H](OC(C)=O)O[C@@H](OC(C)=O)[C@@H]2CC[C@@H]1[C@@]1(C)CCCC(C)(C)C1. The van der Waals surface area contributed by atoms with Gasteiger partial charge in [-0.05, 0) is 55.8 Å². The number of rotatable bonds is 4. The van der Waals surface area contributed by atoms with Gasteiger partial charge in [0.05, 0.1) is 11.5 Å². The van der Waals surface area contributed by atoms with Crippen LogP contribution in [0.4, 0.5) is 0 Å². The predicted octanol–water partition coefficient (Wildman–Crippen LogP) is 4.45. The largest absolute Gasteiger partial charge is 0.435 e. The van der Waals surface area contributed by atoms with Crippen molar-refractivity contribution in [2.45, 2.75) is 98.2 Å². The third kappa shape index (κ3) is 4.20. The quantitative estimate of drug-likeness (QED) is 0.638. The maximum absolute atomic E-state index is 11.8. The molecule has 0 aromatic carbocycles. The van der Waals surface area contributed by atoms with E-state index in [0.717, 1.165) is 19.3 Å². The number of hydrogen-bond donors (Lipinski definition) is 0. The Morgan fingerprint density at radius 2 is 1.55 bits per heavy atom. The minimum absolute atomic E-state index is 0.0512. The van der Waals surface area contributed by atoms with Crippen molar-refractivity contribution < 1.29 is 28.5 Å². The summed E-state index contributed by atoms with van der Waals surface area (Å²) in [6.07, 6.45) is 5.15. The molecule has 0 amide bonds. The lowest BCUT2D eigenvalue weighted by molar-refractivity contribution is -0.229. The lowest BCUT2D eigenvalue weighted by Crippen LogP contribution is -2.59. The Hall–Kier alpha value is -1.14. The van der Waals surface area contributed by atoms with Gasteiger partial charge in [-0.2, -0.15) is 0 Å². The van der Waals surface area contributed by atoms with Gasteiger partial charge in [0.1, 0.15) is 0 Å². The van der Waals surface area contributed by atoms with Crippen LogP contribution < -0.4 is 0 Å². The highest BCUT2D eigenvalue weighted by Gasteiger charge is 2.64. The molecule has 2 aliphatic carbocycles. The van der Waals surface area contributed by atoms with Crippen molar-refractivity contribution in [3.05, 3.63) is 0 Å². The van der Waals surface area contributed by atoms with Crippen LogP contribution in [0.5, 0.6) is 0 Å². The summed E-state index contributed by atoms with van der Waals surface area (Å²) in [7, 11) is 1.75. The van der Waals surface area contributed by atoms with Gasteiger partial charge >= 0.3 is 11.9 Å². The van der Waals surface area contributed by atoms with Gasteiger partial charge in [0, 0.05) is 26.9 Å². The molecule has 0 aromatic heterocycles. The molecule has 7 atom stereocenters. The zero-order chi connectivity index (χ0) is 21.6. The van der Waals surface area contributed by atoms with E-state index in [9.17, 15) is 9.59 Å². The molecule has 0 radical (unpaired) electrons. The first-order valence-corrected chi connectivity index (χ1v) is 11.0. The highest BCUT2D eigenvalue weighted by atomic mass is 16.8. The predicted molar refractivity (Wildman–Crippen MR) is 108 cm³/mol. The van der Waals surface area contributed by atoms with Gasteiger partial charge in [-0.1, -0.05) is 27.2 Å². The topological polar surface area (TPSA) is 71.1 Å². The van der Waals surface area contributed by atoms with Crippen molar-refractivity contribution >= 4 is 11.9 Å². The van der Waals surface area contributed by atoms with Crippen molar-refractivity contribution in [1.29, 1.82) is 0 Å². The van der Waals surface area contributed by atoms with Crippen molar-refractivity contribution in [2.75, 3.05) is 7.11 Å². The van der Waals surface area contributed by atoms with Crippen LogP contribution >= 0.6 is 0 Å². The summed E-state index contributed by atoms with van der Waals surface area (Å²) in [4.78, 5) is 23.4. The average molecular weight is 411 g/mol. The minimum Gasteiger partial charge on any atom is -0.435 e. The molecule has 166 valence electrons. The van der Waals surface area contributed by atoms with Crippen LogP contribution in [0, 0.1) is 28.6 Å². The summed E-state index contributed by atoms with van der Waals surface area (Å²) in [6.45, 7) is 12.0. The van der Waals surface area contributed by atoms with Crippen LogP contribution in [0.25, 0.3) is 0 Å². The van der Waals surface area contributed by atoms with Crippen LogP contribution in [0.2, 0.25) is 0 Å². The number of hydrogen-bond acceptors (Lipinski definition) is 6. The molecule has 29 heavy (non-hydrogen) atoms. The fraction of sp³-hybridized carbons (Fsp3) is 0.913. The van der Waals surface area contributed by atoms with E-state index < -0.39 is 24.2 Å². The second-order valence-corrected chi connectivity index (χ2v) is 10.6. The van der Waals surface area contributed by atoms with E-state index in [1.165, 1.54) is 33.1 Å². The summed E-state index contributed by atoms with van der Waals surface area (Å²) in [6, 6.07) is 0. The van der Waals surface area contributed by atoms with E-state index in [0.29, 0.717) is 11.3 Å². The second-order valence-electron chi connectivity index (χ2n) is 10.6. The molecule has 1 heterocycles. The first-order chi connectivity index (χ1) is 13.4. The van der Waals surface area contributed by atoms with Crippen LogP contribution in [-0.2, 0) is 28.5 Å². The van der Waals surface area contributed by atoms with Gasteiger partial charge in [-0.25, -0.2) is 0 Å². The smallest absolute Gasteiger partial charge is 0.304 e. The van der Waals surface area contributed by atoms with Gasteiger partial charge < -0.3 is 18.9 Å². The molecular weight excluding hydrogens is 372 g/mol. The monoisotopic (exact) mass is 410 g/mol. The lowest BCUT2D eigenvalue weighted by Gasteiger charge is -2.57. The Morgan fingerprint density at radius 1 is 0.931 bits per heavy atom. The summed E-state index contributed by atoms with van der Waals surface area (Å²) < 4.78 is 23.2. The van der Waals surface area contributed by atoms with Crippen molar-refractivity contribution in [2.24, 2.45) is 28.6 Å². The molecule has 1 unspecified atom stereocenters. The molecule has 0 N–H and O–H groups in total. The molecule has 0 spiro atoms. The Morgan fingerprint density at radius 3 is 2.10 bits per heavy atom. The van der Waals surface area contributed by atoms with E-state index in [2.05, 4.69) is 27.7 Å². The van der Waals surface area contributed by atoms with Crippen LogP contribution in [0.3, 0.4) is 0 Å². The zero-order valence-electron chi connectivity index (χ0n) is 19.1. The van der Waals surface area contributed by atoms with Crippen LogP contribution in [0.1, 0.15) is 80.1 Å². The molecule has 1 aliphatic heterocycles. The van der Waals surface area contributed by atoms with Crippen LogP contribution in [-0.4, -0.2) is 37.2 Å². The normalized spacial score (nSPS) is 44.0. The summed E-state index contributed by atoms with van der Waals surface area (Å²) in [5, 5.41) is 0. The van der Waals surface area contributed by atoms with E-state index in [1.54, 1.807) is 7.11 Å². The average Bonchev–Trinajstić information content (AvgIpc) is 2.90. The minimum atomic E-state index is -0.769. The number of carbonyl (C=O) groups is 2. The fourth-order valence-corrected chi connectivity index (χ4v) is 6.98. The van der Waals surface area contributed by atoms with E-state index in [1.807, 2.05) is 0 Å². The molecule has 3 aliphatic rings. The van der Waals surface area contributed by atoms with E-state index in [4.69, 9.17) is 18.9 Å². The first kappa shape index (κ1) is 22.5. The fourth-order valence-electron chi connectivity index (χ4n) is 6.98. The Labute approximate surface area is 175 Å². The lowest BCUT2D eigenvalue weighted by atomic mass is 9.50. The number of ether oxygens (including phenoxy) is 4. The number of carbonyl (C=O) groups excluding carboxylic acids is 2. The van der Waals surface area contributed by atoms with Crippen molar-refractivity contribution in [3.63, 3.8) is 0 Å². The van der Waals surface area contributed by atoms with E-state index in [-0.39, 0.29) is 23.2 Å². The highest BCUT2D eigenvalue weighted by Crippen LogP contribution is 2.61. The maximum Gasteiger partial charge on any atom is 0.304 e. The third-order valence-corrected chi connectivity index (χ3v) is 7.84. The molecule has 0 aromatic rings. The second kappa shape index (κ2) is 7.84. The van der Waals surface area contributed by atoms with Gasteiger partial charge in [0.25, 0.3) is 0 Å². The molecule has 2 saturated carbocycles. The third-order valence-electron chi connectivity index (χ3n) is 7.84. The van der Waals surface area contributed by atoms with Crippen LogP contribution in [0.15, 0.2) is 0 Å². The zero-order valence-corrected chi connectivity index (χ0v) is 19.1. The summed E-state index contributed by atoms with van der Waals surface area (Å²) in [5.41, 5.74) is -0.0991. The van der Waals surface area contributed by atoms with Crippen molar-refractivity contribution in [1.82, 2.24) is 0 Å². The Kier molecular flexibility index (Phi) is 6.10. The standard InChI is InChI=1S/C23H38O6/c1-14(24)27-19-16-9-10-17(22(5)12-8-11-21(3,4)13-22)23(6,26-7)18(16)20(29-19)28-15(2)25/h16-20H,8-13H2,1-7H3/t16-,17-,18+,19-,20+,22+,23?/m1/s1. The van der Waals surface area contributed by atoms with Crippen molar-refractivity contribution in [3.8, 4) is 0 Å². The van der Waals surface area contributed by atoms with E-state index >= 15 is 0 Å². The Bertz CT molecular complexity index is 645. The summed E-state index contributed by atoms with van der Waals surface area (Å²) >= 11 is 0. The number of esters is 2. The van der Waals surface area contributed by atoms with Gasteiger partial charge in [-0.15, -0.1) is 0 Å². The van der Waals surface area contributed by atoms with Gasteiger partial charge in [-0.3, -0.25) is 9.59 Å². The molecule has 3 fully saturated rings. The highest BCUT2D eigenvalue weighted by molar-refractivity contribution is 5.66. The Balaban J connectivity index is 1.96. The number of fused-ring (bicyclic) bond motifs is 1. The molecule has 1 saturated heterocycles. The number of methoxy groups -OCH3 is 1. The molecular formula is C23H38O6. The maximum atomic E-state index is 11.8. The molecule has 6 heteroatoms. The summed E-state index contributed by atoms with van der Waals surface area (Å²) in [5.74, 6) is -0.716. The molecule has 3 rings (SSSR count). The van der Waals surface area contributed by atoms with Gasteiger partial charge in [0.2, 0.25) is 12.6 Å². The first-order valence-electron chi connectivity index (χ1n) is 11.0. The molecule has 6 nitrogen and oxygen atoms in total. The molecule has 0 bridgehead atoms. The van der Waals surface area contributed by atoms with Gasteiger partial charge in [0.15, 0.2) is 0 Å².